The van der Waals surface area contributed by atoms with Gasteiger partial charge in [-0.1, -0.05) is 25.8 Å². The highest BCUT2D eigenvalue weighted by molar-refractivity contribution is 6.00. The van der Waals surface area contributed by atoms with E-state index < -0.39 is 5.83 Å². The smallest absolute Gasteiger partial charge is 0.127 e. The molecule has 0 aliphatic carbocycles. The maximum atomic E-state index is 13.4. The first-order valence-electron chi connectivity index (χ1n) is 6.95. The van der Waals surface area contributed by atoms with Crippen molar-refractivity contribution in [3.8, 4) is 0 Å². The average Bonchev–Trinajstić information content (AvgIpc) is 2.47. The van der Waals surface area contributed by atoms with Gasteiger partial charge in [0, 0.05) is 19.7 Å². The largest absolute Gasteiger partial charge is 0.377 e. The molecule has 0 bridgehead atoms. The molecule has 0 fully saturated rings. The van der Waals surface area contributed by atoms with Crippen molar-refractivity contribution in [3.63, 3.8) is 0 Å². The highest BCUT2D eigenvalue weighted by Gasteiger charge is 2.05. The first-order chi connectivity index (χ1) is 10.1. The van der Waals surface area contributed by atoms with E-state index in [-0.39, 0.29) is 11.3 Å². The molecule has 0 spiro atoms. The van der Waals surface area contributed by atoms with Crippen molar-refractivity contribution in [3.05, 3.63) is 59.9 Å². The van der Waals surface area contributed by atoms with Gasteiger partial charge in [-0.3, -0.25) is 9.98 Å². The van der Waals surface area contributed by atoms with Crippen LogP contribution in [0.2, 0.25) is 0 Å². The van der Waals surface area contributed by atoms with Crippen LogP contribution < -0.4 is 0 Å². The molecule has 0 amide bonds. The first kappa shape index (κ1) is 19.8. The van der Waals surface area contributed by atoms with E-state index in [4.69, 9.17) is 0 Å². The quantitative estimate of drug-likeness (QED) is 0.489. The van der Waals surface area contributed by atoms with E-state index in [9.17, 15) is 4.39 Å². The van der Waals surface area contributed by atoms with Gasteiger partial charge in [0.2, 0.25) is 0 Å². The Morgan fingerprint density at radius 3 is 2.05 bits per heavy atom. The monoisotopic (exact) mass is 303 g/mol. The van der Waals surface area contributed by atoms with Gasteiger partial charge < -0.3 is 4.90 Å². The van der Waals surface area contributed by atoms with E-state index in [1.807, 2.05) is 39.8 Å². The summed E-state index contributed by atoms with van der Waals surface area (Å²) in [4.78, 5) is 10.6. The second kappa shape index (κ2) is 8.93. The number of hydrogen-bond acceptors (Lipinski definition) is 3. The minimum Gasteiger partial charge on any atom is -0.377 e. The summed E-state index contributed by atoms with van der Waals surface area (Å²) in [5.74, 6) is -0.429. The second-order valence-electron chi connectivity index (χ2n) is 5.24. The van der Waals surface area contributed by atoms with Crippen LogP contribution in [-0.2, 0) is 0 Å². The van der Waals surface area contributed by atoms with Gasteiger partial charge in [-0.25, -0.2) is 4.39 Å². The number of nitrogens with zero attached hydrogens (tertiary/aromatic N) is 3. The van der Waals surface area contributed by atoms with Crippen LogP contribution in [-0.4, -0.2) is 30.9 Å². The Morgan fingerprint density at radius 2 is 1.64 bits per heavy atom. The van der Waals surface area contributed by atoms with E-state index in [0.717, 1.165) is 17.0 Å². The van der Waals surface area contributed by atoms with Gasteiger partial charge in [-0.05, 0) is 33.3 Å². The van der Waals surface area contributed by atoms with Crippen molar-refractivity contribution in [2.24, 2.45) is 9.98 Å². The zero-order chi connectivity index (χ0) is 17.4. The first-order valence-corrected chi connectivity index (χ1v) is 6.95. The van der Waals surface area contributed by atoms with Crippen LogP contribution in [0, 0.1) is 0 Å². The number of allylic oxidation sites excluding steroid dienone is 5. The summed E-state index contributed by atoms with van der Waals surface area (Å²) >= 11 is 0. The topological polar surface area (TPSA) is 28.0 Å². The minimum atomic E-state index is -0.429. The molecule has 0 aromatic carbocycles. The van der Waals surface area contributed by atoms with Crippen LogP contribution in [0.1, 0.15) is 27.7 Å². The lowest BCUT2D eigenvalue weighted by molar-refractivity contribution is 0.541. The fourth-order valence-corrected chi connectivity index (χ4v) is 1.37. The van der Waals surface area contributed by atoms with Crippen molar-refractivity contribution < 1.29 is 4.39 Å². The lowest BCUT2D eigenvalue weighted by Crippen LogP contribution is -2.16. The molecular weight excluding hydrogens is 277 g/mol. The van der Waals surface area contributed by atoms with E-state index >= 15 is 0 Å². The molecule has 0 heterocycles. The molecule has 0 rings (SSSR count). The summed E-state index contributed by atoms with van der Waals surface area (Å²) in [7, 11) is 3.81. The van der Waals surface area contributed by atoms with Crippen molar-refractivity contribution in [2.75, 3.05) is 14.1 Å². The molecule has 0 saturated carbocycles. The van der Waals surface area contributed by atoms with Gasteiger partial charge in [0.25, 0.3) is 0 Å². The molecule has 4 heteroatoms. The summed E-state index contributed by atoms with van der Waals surface area (Å²) in [5.41, 5.74) is 3.72. The predicted octanol–water partition coefficient (Wildman–Crippen LogP) is 4.83. The Hall–Kier alpha value is -2.23. The van der Waals surface area contributed by atoms with Crippen LogP contribution in [0.5, 0.6) is 0 Å². The molecule has 0 radical (unpaired) electrons. The fourth-order valence-electron chi connectivity index (χ4n) is 1.37. The van der Waals surface area contributed by atoms with E-state index in [2.05, 4.69) is 29.7 Å². The summed E-state index contributed by atoms with van der Waals surface area (Å²) < 4.78 is 13.4. The van der Waals surface area contributed by atoms with Crippen molar-refractivity contribution >= 4 is 11.9 Å². The molecular formula is C18H26FN3. The third-order valence-corrected chi connectivity index (χ3v) is 2.99. The van der Waals surface area contributed by atoms with Crippen LogP contribution >= 0.6 is 0 Å². The number of aliphatic imine (C=N–C) groups is 2. The maximum Gasteiger partial charge on any atom is 0.127 e. The van der Waals surface area contributed by atoms with Crippen molar-refractivity contribution in [1.82, 2.24) is 4.90 Å². The third-order valence-electron chi connectivity index (χ3n) is 2.99. The van der Waals surface area contributed by atoms with Crippen LogP contribution in [0.15, 0.2) is 69.9 Å². The number of rotatable bonds is 7. The lowest BCUT2D eigenvalue weighted by atomic mass is 10.2. The lowest BCUT2D eigenvalue weighted by Gasteiger charge is -2.15. The van der Waals surface area contributed by atoms with E-state index in [1.54, 1.807) is 13.1 Å². The molecule has 0 aromatic heterocycles. The molecule has 22 heavy (non-hydrogen) atoms. The SMILES string of the molecule is C=C(N=CC(N=C(C)C(=C)N(C)C)=C(C)C)C(=C)/C(F)=C\C. The van der Waals surface area contributed by atoms with Crippen molar-refractivity contribution in [1.29, 1.82) is 0 Å². The van der Waals surface area contributed by atoms with E-state index in [1.165, 1.54) is 6.08 Å². The zero-order valence-electron chi connectivity index (χ0n) is 14.5. The number of halogens is 1. The Bertz CT molecular complexity index is 583. The summed E-state index contributed by atoms with van der Waals surface area (Å²) in [6, 6.07) is 0. The molecule has 0 unspecified atom stereocenters. The summed E-state index contributed by atoms with van der Waals surface area (Å²) in [6.45, 7) is 18.7. The fraction of sp³-hybridized carbons (Fsp3) is 0.333. The molecule has 3 nitrogen and oxygen atoms in total. The molecule has 0 atom stereocenters. The summed E-state index contributed by atoms with van der Waals surface area (Å²) in [5, 5.41) is 0. The zero-order valence-corrected chi connectivity index (χ0v) is 14.5. The molecule has 0 aliphatic heterocycles. The standard InChI is InChI=1S/C18H26FN3/c1-10-17(19)13(4)14(5)20-11-18(12(2)3)21-15(6)16(7)22(8)9/h10-11H,4-5,7H2,1-3,6,8-9H3/b17-10+,20-11?,21-15?. The number of hydrogen-bond donors (Lipinski definition) is 0. The van der Waals surface area contributed by atoms with Crippen LogP contribution in [0.25, 0.3) is 0 Å². The Labute approximate surface area is 133 Å². The predicted molar refractivity (Wildman–Crippen MR) is 95.9 cm³/mol. The van der Waals surface area contributed by atoms with Gasteiger partial charge in [0.1, 0.15) is 5.83 Å². The van der Waals surface area contributed by atoms with Gasteiger partial charge >= 0.3 is 0 Å². The highest BCUT2D eigenvalue weighted by atomic mass is 19.1. The Balaban J connectivity index is 5.36. The second-order valence-corrected chi connectivity index (χ2v) is 5.24. The Kier molecular flexibility index (Phi) is 8.02. The van der Waals surface area contributed by atoms with E-state index in [0.29, 0.717) is 5.70 Å². The van der Waals surface area contributed by atoms with Crippen LogP contribution in [0.3, 0.4) is 0 Å². The molecule has 0 aliphatic rings. The molecule has 120 valence electrons. The normalized spacial score (nSPS) is 12.3. The average molecular weight is 303 g/mol. The minimum absolute atomic E-state index is 0.172. The van der Waals surface area contributed by atoms with Crippen molar-refractivity contribution in [2.45, 2.75) is 27.7 Å². The van der Waals surface area contributed by atoms with Gasteiger partial charge in [0.15, 0.2) is 0 Å². The maximum absolute atomic E-state index is 13.4. The third kappa shape index (κ3) is 6.04. The Morgan fingerprint density at radius 1 is 1.09 bits per heavy atom. The van der Waals surface area contributed by atoms with Gasteiger partial charge in [-0.15, -0.1) is 0 Å². The highest BCUT2D eigenvalue weighted by Crippen LogP contribution is 2.18. The molecule has 0 saturated heterocycles. The van der Waals surface area contributed by atoms with Gasteiger partial charge in [0.05, 0.1) is 29.0 Å². The van der Waals surface area contributed by atoms with Crippen LogP contribution in [0.4, 0.5) is 4.39 Å². The molecule has 0 N–H and O–H groups in total. The van der Waals surface area contributed by atoms with Gasteiger partial charge in [-0.2, -0.15) is 0 Å². The molecule has 0 aromatic rings. The summed E-state index contributed by atoms with van der Waals surface area (Å²) in [6.07, 6.45) is 2.90.